The average Bonchev–Trinajstić information content (AvgIpc) is 2.74. The van der Waals surface area contributed by atoms with Crippen molar-refractivity contribution >= 4 is 5.91 Å². The normalized spacial score (nSPS) is 10.6. The second-order valence-electron chi connectivity index (χ2n) is 3.52. The third-order valence-electron chi connectivity index (χ3n) is 2.21. The number of H-pyrrole nitrogens is 1. The molecule has 0 aliphatic carbocycles. The maximum Gasteiger partial charge on any atom is 0.286 e. The molecule has 5 nitrogen and oxygen atoms in total. The van der Waals surface area contributed by atoms with Crippen molar-refractivity contribution < 1.29 is 18.0 Å². The summed E-state index contributed by atoms with van der Waals surface area (Å²) in [6.45, 7) is 0. The summed E-state index contributed by atoms with van der Waals surface area (Å²) in [6.07, 6.45) is -0.163. The van der Waals surface area contributed by atoms with Crippen LogP contribution in [0, 0.1) is 17.5 Å². The van der Waals surface area contributed by atoms with Crippen molar-refractivity contribution in [2.75, 3.05) is 0 Å². The minimum absolute atomic E-state index is 0.110. The minimum Gasteiger partial charge on any atom is -0.363 e. The number of rotatable bonds is 3. The predicted octanol–water partition coefficient (Wildman–Crippen LogP) is 0.912. The maximum atomic E-state index is 13.3. The fourth-order valence-corrected chi connectivity index (χ4v) is 1.37. The van der Waals surface area contributed by atoms with Gasteiger partial charge in [-0.05, 0) is 11.6 Å². The number of carbonyl (C=O) groups is 1. The molecular weight excluding hydrogens is 249 g/mol. The lowest BCUT2D eigenvalue weighted by molar-refractivity contribution is 0.0991. The summed E-state index contributed by atoms with van der Waals surface area (Å²) >= 11 is 0. The van der Waals surface area contributed by atoms with E-state index in [4.69, 9.17) is 5.73 Å². The Morgan fingerprint density at radius 1 is 1.17 bits per heavy atom. The van der Waals surface area contributed by atoms with Crippen molar-refractivity contribution in [1.82, 2.24) is 15.2 Å². The van der Waals surface area contributed by atoms with Crippen LogP contribution in [0.2, 0.25) is 0 Å². The third kappa shape index (κ3) is 2.31. The molecule has 0 aliphatic heterocycles. The summed E-state index contributed by atoms with van der Waals surface area (Å²) < 4.78 is 39.0. The first kappa shape index (κ1) is 12.1. The molecule has 0 unspecified atom stereocenters. The first-order chi connectivity index (χ1) is 8.47. The summed E-state index contributed by atoms with van der Waals surface area (Å²) in [7, 11) is 0. The number of halogens is 3. The van der Waals surface area contributed by atoms with Crippen LogP contribution in [0.1, 0.15) is 22.0 Å². The standard InChI is InChI=1S/C10H7F3N4O/c11-5-3-7(13)6(12)1-4(5)2-8-15-10(9(14)18)17-16-8/h1,3H,2H2,(H2,14,18)(H,15,16,17). The van der Waals surface area contributed by atoms with E-state index in [0.29, 0.717) is 6.07 Å². The van der Waals surface area contributed by atoms with E-state index in [1.165, 1.54) is 0 Å². The van der Waals surface area contributed by atoms with E-state index in [2.05, 4.69) is 15.2 Å². The highest BCUT2D eigenvalue weighted by atomic mass is 19.2. The van der Waals surface area contributed by atoms with Crippen LogP contribution in [-0.2, 0) is 6.42 Å². The highest BCUT2D eigenvalue weighted by Gasteiger charge is 2.13. The highest BCUT2D eigenvalue weighted by Crippen LogP contribution is 2.15. The van der Waals surface area contributed by atoms with Gasteiger partial charge in [-0.25, -0.2) is 13.2 Å². The van der Waals surface area contributed by atoms with Gasteiger partial charge in [0.15, 0.2) is 11.6 Å². The fourth-order valence-electron chi connectivity index (χ4n) is 1.37. The lowest BCUT2D eigenvalue weighted by atomic mass is 10.1. The smallest absolute Gasteiger partial charge is 0.286 e. The summed E-state index contributed by atoms with van der Waals surface area (Å²) in [5.41, 5.74) is 4.83. The van der Waals surface area contributed by atoms with Crippen LogP contribution < -0.4 is 5.73 Å². The molecule has 0 spiro atoms. The molecule has 1 aromatic heterocycles. The summed E-state index contributed by atoms with van der Waals surface area (Å²) in [5.74, 6) is -4.24. The molecule has 1 aromatic carbocycles. The van der Waals surface area contributed by atoms with Crippen molar-refractivity contribution in [2.45, 2.75) is 6.42 Å². The zero-order valence-electron chi connectivity index (χ0n) is 8.88. The molecule has 1 heterocycles. The van der Waals surface area contributed by atoms with Crippen LogP contribution in [0.15, 0.2) is 12.1 Å². The van der Waals surface area contributed by atoms with Crippen LogP contribution in [0.3, 0.4) is 0 Å². The number of carbonyl (C=O) groups excluding carboxylic acids is 1. The second-order valence-corrected chi connectivity index (χ2v) is 3.52. The molecule has 0 radical (unpaired) electrons. The van der Waals surface area contributed by atoms with Gasteiger partial charge >= 0.3 is 0 Å². The number of benzene rings is 1. The van der Waals surface area contributed by atoms with Crippen molar-refractivity contribution in [2.24, 2.45) is 5.73 Å². The molecule has 3 N–H and O–H groups in total. The minimum atomic E-state index is -1.27. The molecule has 0 saturated heterocycles. The largest absolute Gasteiger partial charge is 0.363 e. The van der Waals surface area contributed by atoms with Crippen LogP contribution in [0.4, 0.5) is 13.2 Å². The number of nitrogens with zero attached hydrogens (tertiary/aromatic N) is 2. The van der Waals surface area contributed by atoms with E-state index in [1.54, 1.807) is 0 Å². The van der Waals surface area contributed by atoms with Crippen LogP contribution in [0.5, 0.6) is 0 Å². The molecule has 1 amide bonds. The van der Waals surface area contributed by atoms with E-state index >= 15 is 0 Å². The molecule has 2 rings (SSSR count). The molecular formula is C10H7F3N4O. The Morgan fingerprint density at radius 2 is 1.83 bits per heavy atom. The van der Waals surface area contributed by atoms with Crippen molar-refractivity contribution in [3.8, 4) is 0 Å². The predicted molar refractivity (Wildman–Crippen MR) is 54.0 cm³/mol. The molecule has 0 fully saturated rings. The third-order valence-corrected chi connectivity index (χ3v) is 2.21. The van der Waals surface area contributed by atoms with Gasteiger partial charge in [0.1, 0.15) is 11.6 Å². The Kier molecular flexibility index (Phi) is 3.00. The molecule has 0 bridgehead atoms. The van der Waals surface area contributed by atoms with Crippen molar-refractivity contribution in [1.29, 1.82) is 0 Å². The fraction of sp³-hybridized carbons (Fsp3) is 0.100. The van der Waals surface area contributed by atoms with E-state index in [9.17, 15) is 18.0 Å². The Hall–Kier alpha value is -2.38. The summed E-state index contributed by atoms with van der Waals surface area (Å²) in [6, 6.07) is 1.16. The quantitative estimate of drug-likeness (QED) is 0.800. The Bertz CT molecular complexity index is 611. The molecule has 2 aromatic rings. The second kappa shape index (κ2) is 4.47. The summed E-state index contributed by atoms with van der Waals surface area (Å²) in [4.78, 5) is 13.2. The number of hydrogen-bond acceptors (Lipinski definition) is 3. The van der Waals surface area contributed by atoms with Gasteiger partial charge in [0, 0.05) is 12.5 Å². The average molecular weight is 256 g/mol. The number of primary amides is 1. The van der Waals surface area contributed by atoms with E-state index in [1.807, 2.05) is 0 Å². The SMILES string of the molecule is NC(=O)c1nnc(Cc2cc(F)c(F)cc2F)[nH]1. The zero-order valence-corrected chi connectivity index (χ0v) is 8.88. The molecule has 8 heteroatoms. The Balaban J connectivity index is 2.28. The van der Waals surface area contributed by atoms with Crippen molar-refractivity contribution in [3.63, 3.8) is 0 Å². The van der Waals surface area contributed by atoms with Crippen LogP contribution >= 0.6 is 0 Å². The number of nitrogens with one attached hydrogen (secondary N) is 1. The maximum absolute atomic E-state index is 13.3. The van der Waals surface area contributed by atoms with Crippen molar-refractivity contribution in [3.05, 3.63) is 46.8 Å². The van der Waals surface area contributed by atoms with Gasteiger partial charge in [-0.15, -0.1) is 10.2 Å². The highest BCUT2D eigenvalue weighted by molar-refractivity contribution is 5.88. The number of aromatic nitrogens is 3. The molecule has 0 aliphatic rings. The molecule has 0 atom stereocenters. The van der Waals surface area contributed by atoms with Crippen LogP contribution in [0.25, 0.3) is 0 Å². The molecule has 0 saturated carbocycles. The van der Waals surface area contributed by atoms with E-state index < -0.39 is 23.4 Å². The first-order valence-electron chi connectivity index (χ1n) is 4.82. The topological polar surface area (TPSA) is 84.7 Å². The first-order valence-corrected chi connectivity index (χ1v) is 4.82. The lowest BCUT2D eigenvalue weighted by Gasteiger charge is -2.01. The van der Waals surface area contributed by atoms with E-state index in [0.717, 1.165) is 6.07 Å². The van der Waals surface area contributed by atoms with Gasteiger partial charge in [-0.1, -0.05) is 0 Å². The van der Waals surface area contributed by atoms with Gasteiger partial charge in [0.25, 0.3) is 5.91 Å². The summed E-state index contributed by atoms with van der Waals surface area (Å²) in [5, 5.41) is 6.95. The Morgan fingerprint density at radius 3 is 2.44 bits per heavy atom. The van der Waals surface area contributed by atoms with Gasteiger partial charge in [-0.2, -0.15) is 0 Å². The number of amides is 1. The molecule has 94 valence electrons. The molecule has 18 heavy (non-hydrogen) atoms. The monoisotopic (exact) mass is 256 g/mol. The van der Waals surface area contributed by atoms with Crippen LogP contribution in [-0.4, -0.2) is 21.1 Å². The number of hydrogen-bond donors (Lipinski definition) is 2. The lowest BCUT2D eigenvalue weighted by Crippen LogP contribution is -2.12. The van der Waals surface area contributed by atoms with E-state index in [-0.39, 0.29) is 23.6 Å². The van der Waals surface area contributed by atoms with Gasteiger partial charge in [0.05, 0.1) is 0 Å². The number of nitrogens with two attached hydrogens (primary N) is 1. The van der Waals surface area contributed by atoms with Gasteiger partial charge < -0.3 is 10.7 Å². The van der Waals surface area contributed by atoms with Gasteiger partial charge in [0.2, 0.25) is 5.82 Å². The van der Waals surface area contributed by atoms with Gasteiger partial charge in [-0.3, -0.25) is 4.79 Å². The number of aromatic amines is 1. The Labute approximate surface area is 98.8 Å². The zero-order chi connectivity index (χ0) is 13.3.